The Balaban J connectivity index is 1.32. The zero-order valence-electron chi connectivity index (χ0n) is 17.1. The molecule has 31 heavy (non-hydrogen) atoms. The molecule has 0 spiro atoms. The second-order valence-corrected chi connectivity index (χ2v) is 7.78. The summed E-state index contributed by atoms with van der Waals surface area (Å²) in [6.07, 6.45) is 4.90. The molecule has 162 valence electrons. The third-order valence-electron chi connectivity index (χ3n) is 5.65. The van der Waals surface area contributed by atoms with Gasteiger partial charge in [0.25, 0.3) is 5.89 Å². The van der Waals surface area contributed by atoms with E-state index in [2.05, 4.69) is 15.2 Å². The Kier molecular flexibility index (Phi) is 5.27. The molecular weight excluding hydrogens is 402 g/mol. The molecule has 0 saturated carbocycles. The molecule has 2 aromatic rings. The summed E-state index contributed by atoms with van der Waals surface area (Å²) in [6.45, 7) is 1.60. The van der Waals surface area contributed by atoms with Gasteiger partial charge in [-0.25, -0.2) is 5.01 Å². The Labute approximate surface area is 178 Å². The second kappa shape index (κ2) is 8.37. The molecule has 2 amide bonds. The van der Waals surface area contributed by atoms with Gasteiger partial charge in [0.2, 0.25) is 24.4 Å². The van der Waals surface area contributed by atoms with E-state index in [1.165, 1.54) is 5.01 Å². The van der Waals surface area contributed by atoms with Crippen LogP contribution in [-0.4, -0.2) is 64.0 Å². The minimum atomic E-state index is -0.178. The van der Waals surface area contributed by atoms with Crippen molar-refractivity contribution in [1.29, 1.82) is 0 Å². The van der Waals surface area contributed by atoms with Gasteiger partial charge in [-0.05, 0) is 31.0 Å². The summed E-state index contributed by atoms with van der Waals surface area (Å²) in [7, 11) is 0. The predicted octanol–water partition coefficient (Wildman–Crippen LogP) is 2.19. The van der Waals surface area contributed by atoms with E-state index in [1.54, 1.807) is 12.1 Å². The Morgan fingerprint density at radius 1 is 1.03 bits per heavy atom. The largest absolute Gasteiger partial charge is 0.454 e. The molecule has 10 nitrogen and oxygen atoms in total. The first-order valence-electron chi connectivity index (χ1n) is 10.6. The normalized spacial score (nSPS) is 18.7. The van der Waals surface area contributed by atoms with Crippen LogP contribution in [0, 0.1) is 0 Å². The van der Waals surface area contributed by atoms with E-state index >= 15 is 0 Å². The van der Waals surface area contributed by atoms with Gasteiger partial charge in [-0.15, -0.1) is 0 Å². The molecule has 0 N–H and O–H groups in total. The predicted molar refractivity (Wildman–Crippen MR) is 108 cm³/mol. The van der Waals surface area contributed by atoms with Gasteiger partial charge in [-0.2, -0.15) is 10.1 Å². The van der Waals surface area contributed by atoms with Crippen molar-refractivity contribution < 1.29 is 23.6 Å². The monoisotopic (exact) mass is 425 g/mol. The zero-order valence-corrected chi connectivity index (χ0v) is 17.1. The zero-order chi connectivity index (χ0) is 21.2. The van der Waals surface area contributed by atoms with Crippen molar-refractivity contribution in [1.82, 2.24) is 20.0 Å². The first kappa shape index (κ1) is 19.5. The molecule has 1 saturated heterocycles. The number of carbonyl (C=O) groups is 2. The Morgan fingerprint density at radius 3 is 2.68 bits per heavy atom. The number of fused-ring (bicyclic) bond motifs is 1. The van der Waals surface area contributed by atoms with Crippen LogP contribution in [0.2, 0.25) is 0 Å². The van der Waals surface area contributed by atoms with E-state index in [9.17, 15) is 9.59 Å². The highest BCUT2D eigenvalue weighted by Gasteiger charge is 2.28. The lowest BCUT2D eigenvalue weighted by Crippen LogP contribution is -2.43. The summed E-state index contributed by atoms with van der Waals surface area (Å²) in [5.41, 5.74) is 1.22. The second-order valence-electron chi connectivity index (χ2n) is 7.78. The molecule has 5 rings (SSSR count). The van der Waals surface area contributed by atoms with E-state index < -0.39 is 0 Å². The maximum absolute atomic E-state index is 12.7. The number of rotatable bonds is 4. The van der Waals surface area contributed by atoms with Crippen LogP contribution in [0.3, 0.4) is 0 Å². The number of benzene rings is 1. The molecule has 4 heterocycles. The van der Waals surface area contributed by atoms with Crippen molar-refractivity contribution in [3.05, 3.63) is 24.1 Å². The van der Waals surface area contributed by atoms with Gasteiger partial charge in [0, 0.05) is 31.5 Å². The first-order valence-corrected chi connectivity index (χ1v) is 10.6. The number of amides is 2. The highest BCUT2D eigenvalue weighted by molar-refractivity contribution is 6.01. The van der Waals surface area contributed by atoms with Crippen LogP contribution in [-0.2, 0) is 9.59 Å². The molecule has 0 atom stereocenters. The van der Waals surface area contributed by atoms with Crippen LogP contribution < -0.4 is 9.47 Å². The molecule has 0 unspecified atom stereocenters. The SMILES string of the molecule is O=C(CN1N=C(c2nc(-c3ccc4c(c3)OCO4)no2)CCC1=O)N1CCCCCC1. The number of carbonyl (C=O) groups excluding carboxylic acids is 2. The number of likely N-dealkylation sites (tertiary alicyclic amines) is 1. The first-order chi connectivity index (χ1) is 15.2. The van der Waals surface area contributed by atoms with Crippen LogP contribution in [0.4, 0.5) is 0 Å². The van der Waals surface area contributed by atoms with Crippen molar-refractivity contribution in [3.8, 4) is 22.9 Å². The van der Waals surface area contributed by atoms with E-state index in [1.807, 2.05) is 11.0 Å². The number of aromatic nitrogens is 2. The van der Waals surface area contributed by atoms with Gasteiger partial charge in [-0.3, -0.25) is 9.59 Å². The Morgan fingerprint density at radius 2 is 1.84 bits per heavy atom. The van der Waals surface area contributed by atoms with Gasteiger partial charge in [0.15, 0.2) is 11.5 Å². The molecule has 1 aromatic carbocycles. The van der Waals surface area contributed by atoms with Crippen molar-refractivity contribution in [2.24, 2.45) is 5.10 Å². The average Bonchev–Trinajstić information content (AvgIpc) is 3.37. The minimum absolute atomic E-state index is 0.0640. The third-order valence-corrected chi connectivity index (χ3v) is 5.65. The Bertz CT molecular complexity index is 1020. The quantitative estimate of drug-likeness (QED) is 0.738. The van der Waals surface area contributed by atoms with Crippen LogP contribution in [0.1, 0.15) is 44.4 Å². The van der Waals surface area contributed by atoms with Crippen LogP contribution in [0.5, 0.6) is 11.5 Å². The van der Waals surface area contributed by atoms with Gasteiger partial charge < -0.3 is 18.9 Å². The van der Waals surface area contributed by atoms with Gasteiger partial charge in [0.1, 0.15) is 12.3 Å². The fourth-order valence-electron chi connectivity index (χ4n) is 3.92. The van der Waals surface area contributed by atoms with Crippen molar-refractivity contribution in [2.75, 3.05) is 26.4 Å². The lowest BCUT2D eigenvalue weighted by atomic mass is 10.1. The van der Waals surface area contributed by atoms with E-state index in [0.29, 0.717) is 29.5 Å². The van der Waals surface area contributed by atoms with Gasteiger partial charge in [-0.1, -0.05) is 18.0 Å². The smallest absolute Gasteiger partial charge is 0.274 e. The molecule has 10 heteroatoms. The number of hydrazone groups is 1. The van der Waals surface area contributed by atoms with Crippen molar-refractivity contribution in [2.45, 2.75) is 38.5 Å². The van der Waals surface area contributed by atoms with Crippen molar-refractivity contribution >= 4 is 17.5 Å². The van der Waals surface area contributed by atoms with E-state index in [4.69, 9.17) is 14.0 Å². The number of hydrogen-bond donors (Lipinski definition) is 0. The maximum atomic E-state index is 12.7. The highest BCUT2D eigenvalue weighted by atomic mass is 16.7. The molecule has 0 bridgehead atoms. The topological polar surface area (TPSA) is 110 Å². The van der Waals surface area contributed by atoms with Crippen LogP contribution >= 0.6 is 0 Å². The number of ether oxygens (including phenoxy) is 2. The molecule has 0 radical (unpaired) electrons. The highest BCUT2D eigenvalue weighted by Crippen LogP contribution is 2.35. The molecule has 3 aliphatic rings. The summed E-state index contributed by atoms with van der Waals surface area (Å²) in [5.74, 6) is 1.68. The summed E-state index contributed by atoms with van der Waals surface area (Å²) < 4.78 is 16.1. The standard InChI is InChI=1S/C21H23N5O5/c27-18-8-6-15(23-26(18)12-19(28)25-9-3-1-2-4-10-25)21-22-20(24-31-21)14-5-7-16-17(11-14)30-13-29-16/h5,7,11H,1-4,6,8-10,12-13H2. The average molecular weight is 425 g/mol. The molecular formula is C21H23N5O5. The van der Waals surface area contributed by atoms with Gasteiger partial charge >= 0.3 is 0 Å². The van der Waals surface area contributed by atoms with Crippen LogP contribution in [0.25, 0.3) is 11.4 Å². The maximum Gasteiger partial charge on any atom is 0.274 e. The number of nitrogens with zero attached hydrogens (tertiary/aromatic N) is 5. The minimum Gasteiger partial charge on any atom is -0.454 e. The Hall–Kier alpha value is -3.43. The van der Waals surface area contributed by atoms with Crippen molar-refractivity contribution in [3.63, 3.8) is 0 Å². The molecule has 3 aliphatic heterocycles. The fraction of sp³-hybridized carbons (Fsp3) is 0.476. The summed E-state index contributed by atoms with van der Waals surface area (Å²) in [4.78, 5) is 31.3. The number of hydrogen-bond acceptors (Lipinski definition) is 8. The van der Waals surface area contributed by atoms with E-state index in [-0.39, 0.29) is 37.5 Å². The summed E-state index contributed by atoms with van der Waals surface area (Å²) in [6, 6.07) is 5.40. The molecule has 1 fully saturated rings. The molecule has 0 aliphatic carbocycles. The van der Waals surface area contributed by atoms with E-state index in [0.717, 1.165) is 44.3 Å². The fourth-order valence-corrected chi connectivity index (χ4v) is 3.92. The third kappa shape index (κ3) is 4.10. The lowest BCUT2D eigenvalue weighted by Gasteiger charge is -2.26. The summed E-state index contributed by atoms with van der Waals surface area (Å²) >= 11 is 0. The van der Waals surface area contributed by atoms with Crippen LogP contribution in [0.15, 0.2) is 27.8 Å². The lowest BCUT2D eigenvalue weighted by molar-refractivity contribution is -0.140. The molecule has 1 aromatic heterocycles. The summed E-state index contributed by atoms with van der Waals surface area (Å²) in [5, 5.41) is 9.63. The van der Waals surface area contributed by atoms with Gasteiger partial charge in [0.05, 0.1) is 0 Å².